The smallest absolute Gasteiger partial charge is 0.247 e. The minimum absolute atomic E-state index is 0.0978. The van der Waals surface area contributed by atoms with Gasteiger partial charge in [0, 0.05) is 4.90 Å². The van der Waals surface area contributed by atoms with Gasteiger partial charge in [0.05, 0.1) is 10.9 Å². The molecule has 0 saturated carbocycles. The second kappa shape index (κ2) is 5.72. The molecule has 0 spiro atoms. The summed E-state index contributed by atoms with van der Waals surface area (Å²) in [7, 11) is 0. The van der Waals surface area contributed by atoms with E-state index in [0.29, 0.717) is 11.3 Å². The Hall–Kier alpha value is -1.27. The van der Waals surface area contributed by atoms with Crippen LogP contribution in [0.4, 0.5) is 10.1 Å². The summed E-state index contributed by atoms with van der Waals surface area (Å²) in [6.45, 7) is 1.86. The van der Waals surface area contributed by atoms with Gasteiger partial charge in [0.25, 0.3) is 0 Å². The number of hydrazine groups is 1. The molecular formula is C10H14FN3OS. The highest BCUT2D eigenvalue weighted by Gasteiger charge is 2.17. The third kappa shape index (κ3) is 3.11. The predicted molar refractivity (Wildman–Crippen MR) is 63.1 cm³/mol. The number of thioether (sulfide) groups is 1. The van der Waals surface area contributed by atoms with E-state index >= 15 is 0 Å². The first-order valence-electron chi connectivity index (χ1n) is 4.80. The fourth-order valence-electron chi connectivity index (χ4n) is 1.16. The molecule has 0 bridgehead atoms. The van der Waals surface area contributed by atoms with E-state index in [-0.39, 0.29) is 16.8 Å². The largest absolute Gasteiger partial charge is 0.396 e. The average Bonchev–Trinajstić information content (AvgIpc) is 2.29. The summed E-state index contributed by atoms with van der Waals surface area (Å²) >= 11 is 1.26. The summed E-state index contributed by atoms with van der Waals surface area (Å²) in [5.41, 5.74) is 7.54. The molecule has 6 heteroatoms. The quantitative estimate of drug-likeness (QED) is 0.244. The second-order valence-corrected chi connectivity index (χ2v) is 4.48. The molecule has 5 N–H and O–H groups in total. The number of hydrogen-bond donors (Lipinski definition) is 3. The van der Waals surface area contributed by atoms with Gasteiger partial charge in [-0.1, -0.05) is 6.92 Å². The topological polar surface area (TPSA) is 81.1 Å². The van der Waals surface area contributed by atoms with Crippen molar-refractivity contribution in [2.24, 2.45) is 5.84 Å². The summed E-state index contributed by atoms with van der Waals surface area (Å²) < 4.78 is 13.2. The Labute approximate surface area is 97.5 Å². The van der Waals surface area contributed by atoms with E-state index in [1.165, 1.54) is 23.9 Å². The highest BCUT2D eigenvalue weighted by molar-refractivity contribution is 8.00. The van der Waals surface area contributed by atoms with Gasteiger partial charge in [-0.05, 0) is 24.6 Å². The lowest BCUT2D eigenvalue weighted by Gasteiger charge is -2.12. The van der Waals surface area contributed by atoms with Gasteiger partial charge in [0.1, 0.15) is 5.82 Å². The SMILES string of the molecule is CCC(Sc1ccc(N)c(F)c1)C(=O)NN. The van der Waals surface area contributed by atoms with E-state index in [4.69, 9.17) is 11.6 Å². The van der Waals surface area contributed by atoms with Gasteiger partial charge in [-0.3, -0.25) is 10.2 Å². The molecule has 0 heterocycles. The fraction of sp³-hybridized carbons (Fsp3) is 0.300. The number of carbonyl (C=O) groups is 1. The summed E-state index contributed by atoms with van der Waals surface area (Å²) in [6, 6.07) is 4.47. The predicted octanol–water partition coefficient (Wildman–Crippen LogP) is 1.27. The van der Waals surface area contributed by atoms with Crippen LogP contribution in [0, 0.1) is 5.82 Å². The Morgan fingerprint density at radius 3 is 2.81 bits per heavy atom. The normalized spacial score (nSPS) is 12.2. The van der Waals surface area contributed by atoms with E-state index in [1.54, 1.807) is 6.07 Å². The number of hydrogen-bond acceptors (Lipinski definition) is 4. The molecule has 0 aliphatic carbocycles. The van der Waals surface area contributed by atoms with Crippen LogP contribution in [-0.2, 0) is 4.79 Å². The Bertz CT molecular complexity index is 386. The molecule has 0 radical (unpaired) electrons. The van der Waals surface area contributed by atoms with E-state index < -0.39 is 5.82 Å². The Kier molecular flexibility index (Phi) is 4.57. The fourth-order valence-corrected chi connectivity index (χ4v) is 2.15. The number of nitrogen functional groups attached to an aromatic ring is 1. The van der Waals surface area contributed by atoms with Crippen molar-refractivity contribution in [1.82, 2.24) is 5.43 Å². The van der Waals surface area contributed by atoms with Crippen LogP contribution in [0.15, 0.2) is 23.1 Å². The lowest BCUT2D eigenvalue weighted by molar-refractivity contribution is -0.120. The molecule has 0 saturated heterocycles. The number of amides is 1. The van der Waals surface area contributed by atoms with Gasteiger partial charge < -0.3 is 5.73 Å². The van der Waals surface area contributed by atoms with Crippen LogP contribution in [0.2, 0.25) is 0 Å². The zero-order valence-corrected chi connectivity index (χ0v) is 9.68. The van der Waals surface area contributed by atoms with E-state index in [2.05, 4.69) is 5.43 Å². The Balaban J connectivity index is 2.78. The summed E-state index contributed by atoms with van der Waals surface area (Å²) in [4.78, 5) is 12.0. The third-order valence-electron chi connectivity index (χ3n) is 2.06. The zero-order valence-electron chi connectivity index (χ0n) is 8.87. The highest BCUT2D eigenvalue weighted by atomic mass is 32.2. The van der Waals surface area contributed by atoms with Crippen molar-refractivity contribution in [3.05, 3.63) is 24.0 Å². The van der Waals surface area contributed by atoms with E-state index in [1.807, 2.05) is 6.92 Å². The Morgan fingerprint density at radius 2 is 2.31 bits per heavy atom. The van der Waals surface area contributed by atoms with Gasteiger partial charge in [0.2, 0.25) is 5.91 Å². The minimum atomic E-state index is -0.479. The molecule has 1 aromatic carbocycles. The first-order chi connectivity index (χ1) is 7.58. The number of carbonyl (C=O) groups excluding carboxylic acids is 1. The Morgan fingerprint density at radius 1 is 1.62 bits per heavy atom. The lowest BCUT2D eigenvalue weighted by Crippen LogP contribution is -2.37. The molecular weight excluding hydrogens is 229 g/mol. The maximum atomic E-state index is 13.2. The number of halogens is 1. The molecule has 0 fully saturated rings. The molecule has 0 aliphatic heterocycles. The third-order valence-corrected chi connectivity index (χ3v) is 3.41. The van der Waals surface area contributed by atoms with Crippen LogP contribution in [0.5, 0.6) is 0 Å². The number of rotatable bonds is 4. The van der Waals surface area contributed by atoms with Gasteiger partial charge in [-0.2, -0.15) is 0 Å². The van der Waals surface area contributed by atoms with Crippen molar-refractivity contribution in [2.75, 3.05) is 5.73 Å². The monoisotopic (exact) mass is 243 g/mol. The summed E-state index contributed by atoms with van der Waals surface area (Å²) in [5, 5.41) is -0.326. The standard InChI is InChI=1S/C10H14FN3OS/c1-2-9(10(15)14-13)16-6-3-4-8(12)7(11)5-6/h3-5,9H,2,12-13H2,1H3,(H,14,15). The second-order valence-electron chi connectivity index (χ2n) is 3.21. The molecule has 88 valence electrons. The zero-order chi connectivity index (χ0) is 12.1. The highest BCUT2D eigenvalue weighted by Crippen LogP contribution is 2.27. The van der Waals surface area contributed by atoms with Gasteiger partial charge in [-0.25, -0.2) is 10.2 Å². The maximum absolute atomic E-state index is 13.2. The molecule has 1 rings (SSSR count). The number of nitrogens with two attached hydrogens (primary N) is 2. The van der Waals surface area contributed by atoms with E-state index in [0.717, 1.165) is 0 Å². The summed E-state index contributed by atoms with van der Waals surface area (Å²) in [6.07, 6.45) is 0.611. The van der Waals surface area contributed by atoms with Gasteiger partial charge >= 0.3 is 0 Å². The van der Waals surface area contributed by atoms with Crippen molar-refractivity contribution in [2.45, 2.75) is 23.5 Å². The van der Waals surface area contributed by atoms with E-state index in [9.17, 15) is 9.18 Å². The van der Waals surface area contributed by atoms with Crippen molar-refractivity contribution in [3.63, 3.8) is 0 Å². The summed E-state index contributed by atoms with van der Waals surface area (Å²) in [5.74, 6) is 4.30. The molecule has 1 atom stereocenters. The molecule has 1 amide bonds. The lowest BCUT2D eigenvalue weighted by atomic mass is 10.3. The molecule has 0 aliphatic rings. The van der Waals surface area contributed by atoms with Gasteiger partial charge in [-0.15, -0.1) is 11.8 Å². The number of benzene rings is 1. The first kappa shape index (κ1) is 12.8. The van der Waals surface area contributed by atoms with Crippen LogP contribution in [0.1, 0.15) is 13.3 Å². The number of nitrogens with one attached hydrogen (secondary N) is 1. The minimum Gasteiger partial charge on any atom is -0.396 e. The van der Waals surface area contributed by atoms with Crippen LogP contribution in [0.25, 0.3) is 0 Å². The van der Waals surface area contributed by atoms with Crippen molar-refractivity contribution in [1.29, 1.82) is 0 Å². The molecule has 4 nitrogen and oxygen atoms in total. The van der Waals surface area contributed by atoms with Crippen LogP contribution < -0.4 is 17.0 Å². The first-order valence-corrected chi connectivity index (χ1v) is 5.68. The van der Waals surface area contributed by atoms with Crippen molar-refractivity contribution >= 4 is 23.4 Å². The van der Waals surface area contributed by atoms with Crippen LogP contribution in [-0.4, -0.2) is 11.2 Å². The molecule has 0 aromatic heterocycles. The average molecular weight is 243 g/mol. The molecule has 1 aromatic rings. The van der Waals surface area contributed by atoms with Crippen LogP contribution >= 0.6 is 11.8 Å². The van der Waals surface area contributed by atoms with Crippen LogP contribution in [0.3, 0.4) is 0 Å². The maximum Gasteiger partial charge on any atom is 0.247 e. The molecule has 16 heavy (non-hydrogen) atoms. The molecule has 1 unspecified atom stereocenters. The number of anilines is 1. The van der Waals surface area contributed by atoms with Gasteiger partial charge in [0.15, 0.2) is 0 Å². The van der Waals surface area contributed by atoms with Crippen molar-refractivity contribution in [3.8, 4) is 0 Å². The van der Waals surface area contributed by atoms with Crippen molar-refractivity contribution < 1.29 is 9.18 Å².